The van der Waals surface area contributed by atoms with Crippen LogP contribution < -0.4 is 5.32 Å². The van der Waals surface area contributed by atoms with Crippen molar-refractivity contribution >= 4 is 11.7 Å². The molecule has 2 aromatic rings. The third-order valence-corrected chi connectivity index (χ3v) is 5.80. The summed E-state index contributed by atoms with van der Waals surface area (Å²) < 4.78 is 5.76. The molecule has 0 radical (unpaired) electrons. The zero-order valence-corrected chi connectivity index (χ0v) is 14.6. The molecule has 1 saturated carbocycles. The summed E-state index contributed by atoms with van der Waals surface area (Å²) in [5, 5.41) is 3.06. The van der Waals surface area contributed by atoms with Gasteiger partial charge in [0.2, 0.25) is 0 Å². The first-order chi connectivity index (χ1) is 12.1. The highest BCUT2D eigenvalue weighted by molar-refractivity contribution is 6.03. The number of ketones is 1. The number of Topliss-reactive ketones (excluding diaryl/α,β-unsaturated/α-hetero) is 1. The quantitative estimate of drug-likeness (QED) is 0.919. The Hall–Kier alpha value is -2.36. The Morgan fingerprint density at radius 1 is 1.16 bits per heavy atom. The molecule has 2 aliphatic carbocycles. The molecule has 1 fully saturated rings. The summed E-state index contributed by atoms with van der Waals surface area (Å²) in [6.07, 6.45) is 5.45. The highest BCUT2D eigenvalue weighted by Crippen LogP contribution is 2.43. The first-order valence-corrected chi connectivity index (χ1v) is 9.10. The van der Waals surface area contributed by atoms with E-state index in [1.807, 2.05) is 25.1 Å². The summed E-state index contributed by atoms with van der Waals surface area (Å²) in [5.74, 6) is 0.881. The van der Waals surface area contributed by atoms with Gasteiger partial charge in [0.1, 0.15) is 5.76 Å². The molecule has 0 bridgehead atoms. The van der Waals surface area contributed by atoms with Gasteiger partial charge in [-0.3, -0.25) is 9.59 Å². The van der Waals surface area contributed by atoms with E-state index < -0.39 is 0 Å². The fourth-order valence-corrected chi connectivity index (χ4v) is 4.16. The molecule has 1 aromatic heterocycles. The number of aryl methyl sites for hydroxylation is 1. The first kappa shape index (κ1) is 16.1. The Balaban J connectivity index is 1.52. The molecule has 0 unspecified atom stereocenters. The van der Waals surface area contributed by atoms with Gasteiger partial charge in [-0.05, 0) is 31.7 Å². The van der Waals surface area contributed by atoms with Crippen LogP contribution in [-0.2, 0) is 11.8 Å². The maximum absolute atomic E-state index is 12.7. The van der Waals surface area contributed by atoms with Crippen molar-refractivity contribution in [3.63, 3.8) is 0 Å². The van der Waals surface area contributed by atoms with Gasteiger partial charge in [0.25, 0.3) is 5.91 Å². The predicted molar refractivity (Wildman–Crippen MR) is 95.0 cm³/mol. The largest absolute Gasteiger partial charge is 0.455 e. The van der Waals surface area contributed by atoms with E-state index in [0.29, 0.717) is 35.6 Å². The van der Waals surface area contributed by atoms with E-state index >= 15 is 0 Å². The zero-order chi connectivity index (χ0) is 17.4. The molecule has 4 rings (SSSR count). The highest BCUT2D eigenvalue weighted by atomic mass is 16.4. The third-order valence-electron chi connectivity index (χ3n) is 5.80. The first-order valence-electron chi connectivity index (χ1n) is 9.10. The number of hydrogen-bond donors (Lipinski definition) is 1. The summed E-state index contributed by atoms with van der Waals surface area (Å²) in [7, 11) is 0. The molecular formula is C21H23NO3. The average molecular weight is 337 g/mol. The van der Waals surface area contributed by atoms with Gasteiger partial charge in [-0.25, -0.2) is 0 Å². The van der Waals surface area contributed by atoms with Crippen LogP contribution in [0.5, 0.6) is 0 Å². The fourth-order valence-electron chi connectivity index (χ4n) is 4.16. The molecule has 130 valence electrons. The Labute approximate surface area is 147 Å². The number of nitrogens with one attached hydrogen (secondary N) is 1. The molecule has 1 amide bonds. The number of rotatable bonds is 4. The number of furan rings is 1. The molecular weight excluding hydrogens is 314 g/mol. The summed E-state index contributed by atoms with van der Waals surface area (Å²) >= 11 is 0. The van der Waals surface area contributed by atoms with Crippen LogP contribution in [0.1, 0.15) is 69.9 Å². The molecule has 0 saturated heterocycles. The normalized spacial score (nSPS) is 18.4. The number of benzene rings is 1. The fraction of sp³-hybridized carbons (Fsp3) is 0.429. The average Bonchev–Trinajstić information content (AvgIpc) is 2.93. The topological polar surface area (TPSA) is 59.3 Å². The van der Waals surface area contributed by atoms with E-state index in [9.17, 15) is 9.59 Å². The number of fused-ring (bicyclic) bond motifs is 1. The second-order valence-corrected chi connectivity index (χ2v) is 7.31. The van der Waals surface area contributed by atoms with E-state index in [1.165, 1.54) is 12.0 Å². The predicted octanol–water partition coefficient (Wildman–Crippen LogP) is 3.96. The van der Waals surface area contributed by atoms with E-state index in [-0.39, 0.29) is 17.1 Å². The standard InChI is InChI=1S/C21H23NO3/c1-14-18-16(23)9-5-10-17(18)25-19(14)20(24)22-13-21(11-6-12-21)15-7-3-2-4-8-15/h2-4,7-8H,5-6,9-13H2,1H3,(H,22,24). The van der Waals surface area contributed by atoms with Crippen LogP contribution in [0.4, 0.5) is 0 Å². The van der Waals surface area contributed by atoms with Crippen molar-refractivity contribution in [2.75, 3.05) is 6.54 Å². The maximum atomic E-state index is 12.7. The summed E-state index contributed by atoms with van der Waals surface area (Å²) in [6.45, 7) is 2.42. The summed E-state index contributed by atoms with van der Waals surface area (Å²) in [5.41, 5.74) is 2.65. The Bertz CT molecular complexity index is 815. The maximum Gasteiger partial charge on any atom is 0.287 e. The van der Waals surface area contributed by atoms with Gasteiger partial charge >= 0.3 is 0 Å². The van der Waals surface area contributed by atoms with E-state index in [2.05, 4.69) is 17.4 Å². The van der Waals surface area contributed by atoms with E-state index in [0.717, 1.165) is 25.7 Å². The third kappa shape index (κ3) is 2.70. The van der Waals surface area contributed by atoms with Gasteiger partial charge in [-0.1, -0.05) is 36.8 Å². The zero-order valence-electron chi connectivity index (χ0n) is 14.6. The lowest BCUT2D eigenvalue weighted by molar-refractivity contribution is 0.0895. The van der Waals surface area contributed by atoms with Crippen molar-refractivity contribution in [1.29, 1.82) is 0 Å². The van der Waals surface area contributed by atoms with Gasteiger partial charge in [-0.15, -0.1) is 0 Å². The molecule has 2 aliphatic rings. The molecule has 0 atom stereocenters. The van der Waals surface area contributed by atoms with Crippen molar-refractivity contribution in [1.82, 2.24) is 5.32 Å². The van der Waals surface area contributed by atoms with Gasteiger partial charge in [-0.2, -0.15) is 0 Å². The van der Waals surface area contributed by atoms with Crippen LogP contribution in [0.3, 0.4) is 0 Å². The lowest BCUT2D eigenvalue weighted by Crippen LogP contribution is -2.45. The molecule has 4 nitrogen and oxygen atoms in total. The second kappa shape index (κ2) is 6.17. The number of carbonyl (C=O) groups excluding carboxylic acids is 2. The monoisotopic (exact) mass is 337 g/mol. The lowest BCUT2D eigenvalue weighted by atomic mass is 9.64. The van der Waals surface area contributed by atoms with Crippen LogP contribution >= 0.6 is 0 Å². The van der Waals surface area contributed by atoms with Gasteiger partial charge in [0.15, 0.2) is 11.5 Å². The number of carbonyl (C=O) groups is 2. The van der Waals surface area contributed by atoms with Crippen LogP contribution in [-0.4, -0.2) is 18.2 Å². The smallest absolute Gasteiger partial charge is 0.287 e. The molecule has 0 spiro atoms. The summed E-state index contributed by atoms with van der Waals surface area (Å²) in [6, 6.07) is 10.4. The number of amides is 1. The minimum atomic E-state index is -0.207. The molecule has 4 heteroatoms. The van der Waals surface area contributed by atoms with Gasteiger partial charge < -0.3 is 9.73 Å². The van der Waals surface area contributed by atoms with Gasteiger partial charge in [0, 0.05) is 30.4 Å². The van der Waals surface area contributed by atoms with E-state index in [4.69, 9.17) is 4.42 Å². The second-order valence-electron chi connectivity index (χ2n) is 7.31. The van der Waals surface area contributed by atoms with Crippen LogP contribution in [0.2, 0.25) is 0 Å². The van der Waals surface area contributed by atoms with Gasteiger partial charge in [0.05, 0.1) is 5.56 Å². The molecule has 1 aromatic carbocycles. The Morgan fingerprint density at radius 3 is 2.56 bits per heavy atom. The van der Waals surface area contributed by atoms with Crippen molar-refractivity contribution in [3.05, 3.63) is 58.5 Å². The minimum absolute atomic E-state index is 0.0346. The summed E-state index contributed by atoms with van der Waals surface area (Å²) in [4.78, 5) is 24.8. The molecule has 25 heavy (non-hydrogen) atoms. The Kier molecular flexibility index (Phi) is 3.98. The Morgan fingerprint density at radius 2 is 1.92 bits per heavy atom. The van der Waals surface area contributed by atoms with Crippen molar-refractivity contribution in [2.45, 2.75) is 50.9 Å². The molecule has 1 N–H and O–H groups in total. The van der Waals surface area contributed by atoms with Crippen LogP contribution in [0, 0.1) is 6.92 Å². The minimum Gasteiger partial charge on any atom is -0.455 e. The van der Waals surface area contributed by atoms with Crippen molar-refractivity contribution in [3.8, 4) is 0 Å². The van der Waals surface area contributed by atoms with Crippen molar-refractivity contribution < 1.29 is 14.0 Å². The van der Waals surface area contributed by atoms with Crippen LogP contribution in [0.25, 0.3) is 0 Å². The molecule has 0 aliphatic heterocycles. The number of hydrogen-bond acceptors (Lipinski definition) is 3. The van der Waals surface area contributed by atoms with E-state index in [1.54, 1.807) is 0 Å². The van der Waals surface area contributed by atoms with Crippen molar-refractivity contribution in [2.24, 2.45) is 0 Å². The lowest BCUT2D eigenvalue weighted by Gasteiger charge is -2.42. The molecule has 1 heterocycles. The highest BCUT2D eigenvalue weighted by Gasteiger charge is 2.39. The SMILES string of the molecule is Cc1c(C(=O)NCC2(c3ccccc3)CCC2)oc2c1C(=O)CCC2. The van der Waals surface area contributed by atoms with Crippen LogP contribution in [0.15, 0.2) is 34.7 Å².